The van der Waals surface area contributed by atoms with Crippen molar-refractivity contribution < 1.29 is 14.7 Å². The third-order valence-electron chi connectivity index (χ3n) is 4.53. The fraction of sp³-hybridized carbons (Fsp3) is 0. The molecule has 0 aliphatic heterocycles. The lowest BCUT2D eigenvalue weighted by molar-refractivity contribution is 0.0696. The van der Waals surface area contributed by atoms with Crippen LogP contribution in [0.4, 0.5) is 0 Å². The van der Waals surface area contributed by atoms with Gasteiger partial charge in [0.1, 0.15) is 0 Å². The minimum Gasteiger partial charge on any atom is -0.478 e. The van der Waals surface area contributed by atoms with Crippen LogP contribution in [0.5, 0.6) is 0 Å². The number of nitrogens with one attached hydrogen (secondary N) is 1. The van der Waals surface area contributed by atoms with E-state index in [1.165, 1.54) is 12.3 Å². The lowest BCUT2D eigenvalue weighted by atomic mass is 10.1. The number of benzene rings is 3. The number of hydrogen-bond acceptors (Lipinski definition) is 3. The highest BCUT2D eigenvalue weighted by Crippen LogP contribution is 2.16. The number of aromatic carboxylic acids is 1. The maximum absolute atomic E-state index is 12.4. The number of aromatic nitrogens is 1. The highest BCUT2D eigenvalue weighted by atomic mass is 16.4. The minimum absolute atomic E-state index is 0.198. The normalized spacial score (nSPS) is 11.0. The summed E-state index contributed by atoms with van der Waals surface area (Å²) in [5.74, 6) is -1.30. The monoisotopic (exact) mass is 383 g/mol. The highest BCUT2D eigenvalue weighted by Gasteiger charge is 2.07. The van der Waals surface area contributed by atoms with Gasteiger partial charge in [0.05, 0.1) is 17.5 Å². The van der Waals surface area contributed by atoms with E-state index >= 15 is 0 Å². The fourth-order valence-corrected chi connectivity index (χ4v) is 3.08. The summed E-state index contributed by atoms with van der Waals surface area (Å²) >= 11 is 0. The number of carbonyl (C=O) groups is 2. The summed E-state index contributed by atoms with van der Waals surface area (Å²) in [5, 5.41) is 15.3. The molecule has 0 saturated carbocycles. The quantitative estimate of drug-likeness (QED) is 0.402. The van der Waals surface area contributed by atoms with Crippen LogP contribution in [0.1, 0.15) is 26.4 Å². The lowest BCUT2D eigenvalue weighted by Crippen LogP contribution is -2.17. The van der Waals surface area contributed by atoms with Crippen LogP contribution in [0.3, 0.4) is 0 Å². The van der Waals surface area contributed by atoms with Gasteiger partial charge in [-0.25, -0.2) is 10.2 Å². The molecule has 1 aromatic heterocycles. The standard InChI is InChI=1S/C23H17N3O3/c27-22(18-11-10-16-5-1-2-6-17(16)13-18)25-24-15-21-9-4-12-26(21)20-8-3-7-19(14-20)23(28)29/h1-15H,(H,25,27)(H,28,29)/b24-15-. The Morgan fingerprint density at radius 2 is 1.69 bits per heavy atom. The van der Waals surface area contributed by atoms with Crippen LogP contribution in [-0.2, 0) is 0 Å². The van der Waals surface area contributed by atoms with E-state index in [0.29, 0.717) is 16.9 Å². The molecule has 6 nitrogen and oxygen atoms in total. The predicted octanol–water partition coefficient (Wildman–Crippen LogP) is 4.09. The maximum atomic E-state index is 12.4. The molecule has 1 amide bonds. The molecule has 29 heavy (non-hydrogen) atoms. The van der Waals surface area contributed by atoms with E-state index in [-0.39, 0.29) is 11.5 Å². The first-order valence-electron chi connectivity index (χ1n) is 8.95. The predicted molar refractivity (Wildman–Crippen MR) is 112 cm³/mol. The Labute approximate surface area is 166 Å². The summed E-state index contributed by atoms with van der Waals surface area (Å²) in [6.45, 7) is 0. The van der Waals surface area contributed by atoms with E-state index in [0.717, 1.165) is 10.8 Å². The molecule has 0 atom stereocenters. The summed E-state index contributed by atoms with van der Waals surface area (Å²) in [4.78, 5) is 23.6. The Balaban J connectivity index is 1.51. The largest absolute Gasteiger partial charge is 0.478 e. The summed E-state index contributed by atoms with van der Waals surface area (Å²) in [6.07, 6.45) is 3.32. The molecule has 1 heterocycles. The topological polar surface area (TPSA) is 83.7 Å². The highest BCUT2D eigenvalue weighted by molar-refractivity contribution is 5.99. The number of nitrogens with zero attached hydrogens (tertiary/aromatic N) is 2. The van der Waals surface area contributed by atoms with Gasteiger partial charge in [-0.05, 0) is 53.2 Å². The second-order valence-electron chi connectivity index (χ2n) is 6.42. The van der Waals surface area contributed by atoms with Crippen molar-refractivity contribution in [1.29, 1.82) is 0 Å². The number of fused-ring (bicyclic) bond motifs is 1. The molecule has 0 radical (unpaired) electrons. The van der Waals surface area contributed by atoms with Crippen molar-refractivity contribution in [3.8, 4) is 5.69 Å². The first-order valence-corrected chi connectivity index (χ1v) is 8.95. The van der Waals surface area contributed by atoms with Gasteiger partial charge in [0.25, 0.3) is 5.91 Å². The Bertz CT molecular complexity index is 1240. The Kier molecular flexibility index (Phi) is 4.90. The van der Waals surface area contributed by atoms with Gasteiger partial charge in [-0.15, -0.1) is 0 Å². The van der Waals surface area contributed by atoms with Gasteiger partial charge >= 0.3 is 5.97 Å². The Hall–Kier alpha value is -4.19. The van der Waals surface area contributed by atoms with E-state index in [4.69, 9.17) is 5.11 Å². The molecule has 0 aliphatic carbocycles. The zero-order chi connectivity index (χ0) is 20.2. The van der Waals surface area contributed by atoms with Gasteiger partial charge in [-0.1, -0.05) is 36.4 Å². The molecule has 0 fully saturated rings. The molecule has 0 bridgehead atoms. The van der Waals surface area contributed by atoms with E-state index in [9.17, 15) is 9.59 Å². The minimum atomic E-state index is -0.989. The van der Waals surface area contributed by atoms with Gasteiger partial charge in [-0.3, -0.25) is 4.79 Å². The molecule has 6 heteroatoms. The van der Waals surface area contributed by atoms with Crippen LogP contribution in [-0.4, -0.2) is 27.8 Å². The molecule has 4 rings (SSSR count). The number of carboxylic acids is 1. The first-order chi connectivity index (χ1) is 14.1. The Morgan fingerprint density at radius 1 is 0.862 bits per heavy atom. The van der Waals surface area contributed by atoms with Gasteiger partial charge in [0.15, 0.2) is 0 Å². The van der Waals surface area contributed by atoms with Crippen molar-refractivity contribution in [3.63, 3.8) is 0 Å². The molecule has 3 aromatic carbocycles. The molecule has 142 valence electrons. The molecule has 0 spiro atoms. The Morgan fingerprint density at radius 3 is 2.52 bits per heavy atom. The fourth-order valence-electron chi connectivity index (χ4n) is 3.08. The number of carbonyl (C=O) groups excluding carboxylic acids is 1. The van der Waals surface area contributed by atoms with Crippen LogP contribution >= 0.6 is 0 Å². The molecule has 0 unspecified atom stereocenters. The van der Waals surface area contributed by atoms with Crippen LogP contribution in [0.25, 0.3) is 16.5 Å². The van der Waals surface area contributed by atoms with Crippen LogP contribution < -0.4 is 5.43 Å². The van der Waals surface area contributed by atoms with Crippen LogP contribution in [0.15, 0.2) is 90.2 Å². The summed E-state index contributed by atoms with van der Waals surface area (Å²) in [6, 6.07) is 23.5. The zero-order valence-corrected chi connectivity index (χ0v) is 15.3. The molecular weight excluding hydrogens is 366 g/mol. The van der Waals surface area contributed by atoms with Crippen molar-refractivity contribution in [3.05, 3.63) is 102 Å². The zero-order valence-electron chi connectivity index (χ0n) is 15.3. The maximum Gasteiger partial charge on any atom is 0.335 e. The average molecular weight is 383 g/mol. The smallest absolute Gasteiger partial charge is 0.335 e. The van der Waals surface area contributed by atoms with Crippen molar-refractivity contribution in [2.75, 3.05) is 0 Å². The SMILES string of the molecule is O=C(O)c1cccc(-n2cccc2/C=N\NC(=O)c2ccc3ccccc3c2)c1. The second kappa shape index (κ2) is 7.82. The molecule has 0 saturated heterocycles. The lowest BCUT2D eigenvalue weighted by Gasteiger charge is -2.07. The van der Waals surface area contributed by atoms with E-state index in [2.05, 4.69) is 10.5 Å². The third kappa shape index (κ3) is 3.91. The van der Waals surface area contributed by atoms with Crippen molar-refractivity contribution in [2.45, 2.75) is 0 Å². The van der Waals surface area contributed by atoms with E-state index < -0.39 is 5.97 Å². The number of hydrazone groups is 1. The first kappa shape index (κ1) is 18.2. The van der Waals surface area contributed by atoms with Crippen molar-refractivity contribution in [1.82, 2.24) is 9.99 Å². The van der Waals surface area contributed by atoms with Gasteiger partial charge < -0.3 is 9.67 Å². The van der Waals surface area contributed by atoms with E-state index in [1.54, 1.807) is 35.0 Å². The van der Waals surface area contributed by atoms with Crippen LogP contribution in [0.2, 0.25) is 0 Å². The number of rotatable bonds is 5. The molecule has 2 N–H and O–H groups in total. The average Bonchev–Trinajstić information content (AvgIpc) is 3.22. The third-order valence-corrected chi connectivity index (χ3v) is 4.53. The van der Waals surface area contributed by atoms with Crippen LogP contribution in [0, 0.1) is 0 Å². The number of carboxylic acid groups (broad SMARTS) is 1. The summed E-state index contributed by atoms with van der Waals surface area (Å²) in [7, 11) is 0. The molecular formula is C23H17N3O3. The van der Waals surface area contributed by atoms with E-state index in [1.807, 2.05) is 48.5 Å². The number of amides is 1. The molecule has 0 aliphatic rings. The van der Waals surface area contributed by atoms with Gasteiger partial charge in [0.2, 0.25) is 0 Å². The van der Waals surface area contributed by atoms with Gasteiger partial charge in [0, 0.05) is 17.4 Å². The summed E-state index contributed by atoms with van der Waals surface area (Å²) < 4.78 is 1.79. The van der Waals surface area contributed by atoms with Crippen molar-refractivity contribution >= 4 is 28.9 Å². The second-order valence-corrected chi connectivity index (χ2v) is 6.42. The van der Waals surface area contributed by atoms with Gasteiger partial charge in [-0.2, -0.15) is 5.10 Å². The number of hydrogen-bond donors (Lipinski definition) is 2. The summed E-state index contributed by atoms with van der Waals surface area (Å²) in [5.41, 5.74) is 4.64. The molecule has 4 aromatic rings. The van der Waals surface area contributed by atoms with Crippen molar-refractivity contribution in [2.24, 2.45) is 5.10 Å².